The quantitative estimate of drug-likeness (QED) is 0.517. The van der Waals surface area contributed by atoms with Gasteiger partial charge in [0, 0.05) is 6.04 Å². The number of nitrogen functional groups attached to an aromatic ring is 1. The van der Waals surface area contributed by atoms with E-state index in [2.05, 4.69) is 42.7 Å². The number of hydrazine groups is 1. The van der Waals surface area contributed by atoms with Crippen molar-refractivity contribution in [2.24, 2.45) is 11.8 Å². The van der Waals surface area contributed by atoms with E-state index in [0.717, 1.165) is 18.8 Å². The molecular weight excluding hydrogens is 246 g/mol. The lowest BCUT2D eigenvalue weighted by atomic mass is 9.82. The largest absolute Gasteiger partial charge is 0.351 e. The van der Waals surface area contributed by atoms with Gasteiger partial charge in [-0.05, 0) is 18.8 Å². The molecule has 0 spiro atoms. The molecule has 1 saturated carbocycles. The molecule has 2 aromatic heterocycles. The van der Waals surface area contributed by atoms with Gasteiger partial charge in [-0.1, -0.05) is 6.92 Å². The molecule has 0 amide bonds. The van der Waals surface area contributed by atoms with Crippen LogP contribution in [0, 0.1) is 5.92 Å². The number of hydrogen-bond donors (Lipinski definition) is 3. The molecular formula is C10H15N9. The first-order valence-corrected chi connectivity index (χ1v) is 6.09. The third kappa shape index (κ3) is 2.45. The van der Waals surface area contributed by atoms with Crippen molar-refractivity contribution in [1.82, 2.24) is 29.7 Å². The fourth-order valence-electron chi connectivity index (χ4n) is 2.11. The van der Waals surface area contributed by atoms with Gasteiger partial charge in [-0.15, -0.1) is 0 Å². The van der Waals surface area contributed by atoms with E-state index in [9.17, 15) is 0 Å². The Bertz CT molecular complexity index is 546. The minimum absolute atomic E-state index is 0.287. The lowest BCUT2D eigenvalue weighted by molar-refractivity contribution is 0.308. The molecule has 1 aliphatic rings. The summed E-state index contributed by atoms with van der Waals surface area (Å²) in [4.78, 5) is 16.5. The molecule has 2 heterocycles. The molecule has 9 nitrogen and oxygen atoms in total. The number of hydrogen-bond acceptors (Lipinski definition) is 8. The summed E-state index contributed by atoms with van der Waals surface area (Å²) in [5.41, 5.74) is 2.42. The van der Waals surface area contributed by atoms with Crippen LogP contribution in [0.5, 0.6) is 0 Å². The third-order valence-corrected chi connectivity index (χ3v) is 3.08. The Morgan fingerprint density at radius 1 is 1.26 bits per heavy atom. The molecule has 9 heteroatoms. The van der Waals surface area contributed by atoms with Crippen LogP contribution in [0.3, 0.4) is 0 Å². The van der Waals surface area contributed by atoms with Gasteiger partial charge in [0.25, 0.3) is 5.95 Å². The van der Waals surface area contributed by atoms with Crippen LogP contribution in [-0.2, 0) is 0 Å². The normalized spacial score (nSPS) is 21.8. The summed E-state index contributed by atoms with van der Waals surface area (Å²) in [5, 5.41) is 7.25. The van der Waals surface area contributed by atoms with E-state index >= 15 is 0 Å². The van der Waals surface area contributed by atoms with E-state index in [1.807, 2.05) is 0 Å². The fraction of sp³-hybridized carbons (Fsp3) is 0.500. The van der Waals surface area contributed by atoms with Crippen molar-refractivity contribution in [2.75, 3.05) is 10.7 Å². The van der Waals surface area contributed by atoms with Crippen LogP contribution in [0.15, 0.2) is 12.7 Å². The highest BCUT2D eigenvalue weighted by atomic mass is 15.4. The van der Waals surface area contributed by atoms with Crippen LogP contribution >= 0.6 is 0 Å². The average molecular weight is 261 g/mol. The summed E-state index contributed by atoms with van der Waals surface area (Å²) in [6.07, 6.45) is 5.18. The molecule has 100 valence electrons. The maximum absolute atomic E-state index is 5.36. The Hall–Kier alpha value is -2.29. The number of nitrogens with zero attached hydrogens (tertiary/aromatic N) is 6. The van der Waals surface area contributed by atoms with Gasteiger partial charge in [0.1, 0.15) is 12.7 Å². The van der Waals surface area contributed by atoms with E-state index in [4.69, 9.17) is 5.84 Å². The number of aromatic nitrogens is 6. The number of rotatable bonds is 4. The predicted molar refractivity (Wildman–Crippen MR) is 68.4 cm³/mol. The molecule has 0 unspecified atom stereocenters. The van der Waals surface area contributed by atoms with Gasteiger partial charge in [0.2, 0.25) is 11.9 Å². The Balaban J connectivity index is 1.85. The highest BCUT2D eigenvalue weighted by Gasteiger charge is 2.26. The van der Waals surface area contributed by atoms with Gasteiger partial charge in [-0.25, -0.2) is 10.8 Å². The zero-order valence-corrected chi connectivity index (χ0v) is 10.5. The van der Waals surface area contributed by atoms with Gasteiger partial charge in [-0.3, -0.25) is 5.43 Å². The van der Waals surface area contributed by atoms with Crippen LogP contribution in [0.2, 0.25) is 0 Å². The van der Waals surface area contributed by atoms with Crippen molar-refractivity contribution in [3.8, 4) is 5.95 Å². The topological polar surface area (TPSA) is 119 Å². The fourth-order valence-corrected chi connectivity index (χ4v) is 2.11. The van der Waals surface area contributed by atoms with Gasteiger partial charge < -0.3 is 5.32 Å². The summed E-state index contributed by atoms with van der Waals surface area (Å²) < 4.78 is 1.46. The average Bonchev–Trinajstić information content (AvgIpc) is 2.90. The minimum atomic E-state index is 0.287. The smallest absolute Gasteiger partial charge is 0.258 e. The van der Waals surface area contributed by atoms with Crippen LogP contribution < -0.4 is 16.6 Å². The summed E-state index contributed by atoms with van der Waals surface area (Å²) in [6, 6.07) is 0.409. The molecule has 0 aromatic carbocycles. The van der Waals surface area contributed by atoms with E-state index in [0.29, 0.717) is 17.9 Å². The number of nitrogens with one attached hydrogen (secondary N) is 2. The first-order valence-electron chi connectivity index (χ1n) is 6.09. The second kappa shape index (κ2) is 4.76. The predicted octanol–water partition coefficient (Wildman–Crippen LogP) is -0.0517. The van der Waals surface area contributed by atoms with E-state index in [1.54, 1.807) is 0 Å². The number of anilines is 2. The SMILES string of the molecule is CC1CC(Nc2nc(NN)nc(-n3cncn3)n2)C1. The molecule has 1 aliphatic carbocycles. The maximum Gasteiger partial charge on any atom is 0.258 e. The standard InChI is InChI=1S/C10H15N9/c1-6-2-7(3-6)14-8-15-9(18-11)17-10(16-8)19-5-12-4-13-19/h4-7H,2-3,11H2,1H3,(H2,14,15,16,17,18). The molecule has 0 aliphatic heterocycles. The Labute approximate surface area is 109 Å². The monoisotopic (exact) mass is 261 g/mol. The second-order valence-electron chi connectivity index (χ2n) is 4.68. The Morgan fingerprint density at radius 2 is 2.05 bits per heavy atom. The van der Waals surface area contributed by atoms with E-state index in [1.165, 1.54) is 17.3 Å². The van der Waals surface area contributed by atoms with Crippen LogP contribution in [0.25, 0.3) is 5.95 Å². The molecule has 19 heavy (non-hydrogen) atoms. The first-order chi connectivity index (χ1) is 9.24. The lowest BCUT2D eigenvalue weighted by Crippen LogP contribution is -2.34. The molecule has 0 radical (unpaired) electrons. The van der Waals surface area contributed by atoms with E-state index < -0.39 is 0 Å². The molecule has 4 N–H and O–H groups in total. The second-order valence-corrected chi connectivity index (χ2v) is 4.68. The lowest BCUT2D eigenvalue weighted by Gasteiger charge is -2.33. The maximum atomic E-state index is 5.36. The summed E-state index contributed by atoms with van der Waals surface area (Å²) in [6.45, 7) is 2.22. The molecule has 2 aromatic rings. The first kappa shape index (κ1) is 11.8. The van der Waals surface area contributed by atoms with Crippen LogP contribution in [0.1, 0.15) is 19.8 Å². The minimum Gasteiger partial charge on any atom is -0.351 e. The highest BCUT2D eigenvalue weighted by Crippen LogP contribution is 2.28. The summed E-state index contributed by atoms with van der Waals surface area (Å²) in [5.74, 6) is 7.26. The van der Waals surface area contributed by atoms with Crippen molar-refractivity contribution in [1.29, 1.82) is 0 Å². The highest BCUT2D eigenvalue weighted by molar-refractivity contribution is 5.37. The third-order valence-electron chi connectivity index (χ3n) is 3.08. The van der Waals surface area contributed by atoms with Gasteiger partial charge >= 0.3 is 0 Å². The zero-order valence-electron chi connectivity index (χ0n) is 10.5. The van der Waals surface area contributed by atoms with Crippen molar-refractivity contribution in [3.63, 3.8) is 0 Å². The number of nitrogens with two attached hydrogens (primary N) is 1. The Kier molecular flexibility index (Phi) is 2.95. The van der Waals surface area contributed by atoms with Crippen molar-refractivity contribution in [3.05, 3.63) is 12.7 Å². The molecule has 1 fully saturated rings. The van der Waals surface area contributed by atoms with Gasteiger partial charge in [0.15, 0.2) is 0 Å². The van der Waals surface area contributed by atoms with Crippen molar-refractivity contribution < 1.29 is 0 Å². The summed E-state index contributed by atoms with van der Waals surface area (Å²) in [7, 11) is 0. The van der Waals surface area contributed by atoms with Gasteiger partial charge in [-0.2, -0.15) is 24.7 Å². The van der Waals surface area contributed by atoms with Crippen LogP contribution in [0.4, 0.5) is 11.9 Å². The van der Waals surface area contributed by atoms with E-state index in [-0.39, 0.29) is 5.95 Å². The Morgan fingerprint density at radius 3 is 2.68 bits per heavy atom. The van der Waals surface area contributed by atoms with Crippen molar-refractivity contribution >= 4 is 11.9 Å². The molecule has 0 atom stereocenters. The zero-order chi connectivity index (χ0) is 13.2. The van der Waals surface area contributed by atoms with Gasteiger partial charge in [0.05, 0.1) is 0 Å². The summed E-state index contributed by atoms with van der Waals surface area (Å²) >= 11 is 0. The molecule has 0 saturated heterocycles. The molecule has 3 rings (SSSR count). The van der Waals surface area contributed by atoms with Crippen LogP contribution in [-0.4, -0.2) is 35.8 Å². The van der Waals surface area contributed by atoms with Crippen molar-refractivity contribution in [2.45, 2.75) is 25.8 Å². The molecule has 0 bridgehead atoms.